The summed E-state index contributed by atoms with van der Waals surface area (Å²) < 4.78 is 5.31. The number of carbonyl (C=O) groups is 1. The lowest BCUT2D eigenvalue weighted by Crippen LogP contribution is -2.38. The Kier molecular flexibility index (Phi) is 4.09. The molecule has 0 bridgehead atoms. The second-order valence-corrected chi connectivity index (χ2v) is 5.05. The molecule has 2 rings (SSSR count). The zero-order valence-electron chi connectivity index (χ0n) is 10.3. The Labute approximate surface area is 111 Å². The Hall–Kier alpha value is -1.26. The van der Waals surface area contributed by atoms with Crippen LogP contribution < -0.4 is 11.1 Å². The summed E-state index contributed by atoms with van der Waals surface area (Å²) in [5, 5.41) is 3.49. The molecule has 0 spiro atoms. The van der Waals surface area contributed by atoms with Crippen molar-refractivity contribution in [1.82, 2.24) is 5.32 Å². The fourth-order valence-corrected chi connectivity index (χ4v) is 2.27. The van der Waals surface area contributed by atoms with Gasteiger partial charge in [0.05, 0.1) is 12.2 Å². The van der Waals surface area contributed by atoms with Crippen molar-refractivity contribution >= 4 is 23.2 Å². The highest BCUT2D eigenvalue weighted by atomic mass is 35.5. The summed E-state index contributed by atoms with van der Waals surface area (Å²) >= 11 is 5.80. The van der Waals surface area contributed by atoms with E-state index < -0.39 is 0 Å². The van der Waals surface area contributed by atoms with Crippen LogP contribution in [0.1, 0.15) is 23.7 Å². The first-order valence-corrected chi connectivity index (χ1v) is 6.39. The van der Waals surface area contributed by atoms with Crippen LogP contribution in [0.5, 0.6) is 0 Å². The minimum atomic E-state index is -0.163. The topological polar surface area (TPSA) is 64.4 Å². The van der Waals surface area contributed by atoms with Crippen LogP contribution in [0.25, 0.3) is 0 Å². The molecule has 1 aliphatic heterocycles. The van der Waals surface area contributed by atoms with Gasteiger partial charge in [0.1, 0.15) is 0 Å². The van der Waals surface area contributed by atoms with Gasteiger partial charge in [0, 0.05) is 29.3 Å². The molecule has 0 radical (unpaired) electrons. The Morgan fingerprint density at radius 2 is 2.39 bits per heavy atom. The van der Waals surface area contributed by atoms with Crippen molar-refractivity contribution in [2.24, 2.45) is 5.92 Å². The van der Waals surface area contributed by atoms with Crippen molar-refractivity contribution in [2.75, 3.05) is 18.9 Å². The molecule has 1 aromatic rings. The SMILES string of the molecule is CC(NC(=O)c1ccc(Cl)cc1N)C1CCOC1. The number of amides is 1. The Bertz CT molecular complexity index is 445. The molecule has 0 saturated carbocycles. The first-order valence-electron chi connectivity index (χ1n) is 6.01. The number of nitrogens with two attached hydrogens (primary N) is 1. The summed E-state index contributed by atoms with van der Waals surface area (Å²) in [7, 11) is 0. The molecule has 2 unspecified atom stereocenters. The Morgan fingerprint density at radius 3 is 3.00 bits per heavy atom. The van der Waals surface area contributed by atoms with Crippen LogP contribution >= 0.6 is 11.6 Å². The molecule has 98 valence electrons. The zero-order valence-corrected chi connectivity index (χ0v) is 11.0. The number of carbonyl (C=O) groups excluding carboxylic acids is 1. The lowest BCUT2D eigenvalue weighted by molar-refractivity contribution is 0.0923. The molecule has 5 heteroatoms. The van der Waals surface area contributed by atoms with E-state index in [2.05, 4.69) is 5.32 Å². The molecule has 1 aromatic carbocycles. The van der Waals surface area contributed by atoms with Crippen molar-refractivity contribution in [1.29, 1.82) is 0 Å². The molecule has 18 heavy (non-hydrogen) atoms. The van der Waals surface area contributed by atoms with Crippen molar-refractivity contribution in [3.63, 3.8) is 0 Å². The minimum absolute atomic E-state index is 0.0788. The molecule has 1 fully saturated rings. The highest BCUT2D eigenvalue weighted by Gasteiger charge is 2.24. The highest BCUT2D eigenvalue weighted by molar-refractivity contribution is 6.31. The summed E-state index contributed by atoms with van der Waals surface area (Å²) in [4.78, 5) is 12.1. The number of rotatable bonds is 3. The van der Waals surface area contributed by atoms with Gasteiger partial charge in [0.2, 0.25) is 0 Å². The van der Waals surface area contributed by atoms with Gasteiger partial charge >= 0.3 is 0 Å². The fourth-order valence-electron chi connectivity index (χ4n) is 2.09. The van der Waals surface area contributed by atoms with Crippen LogP contribution in [0.15, 0.2) is 18.2 Å². The molecule has 1 saturated heterocycles. The van der Waals surface area contributed by atoms with Crippen molar-refractivity contribution in [3.8, 4) is 0 Å². The second-order valence-electron chi connectivity index (χ2n) is 4.62. The van der Waals surface area contributed by atoms with E-state index in [1.807, 2.05) is 6.92 Å². The molecular weight excluding hydrogens is 252 g/mol. The van der Waals surface area contributed by atoms with E-state index in [1.54, 1.807) is 18.2 Å². The van der Waals surface area contributed by atoms with Gasteiger partial charge in [-0.3, -0.25) is 4.79 Å². The maximum absolute atomic E-state index is 12.1. The van der Waals surface area contributed by atoms with Crippen molar-refractivity contribution < 1.29 is 9.53 Å². The average Bonchev–Trinajstić information content (AvgIpc) is 2.81. The lowest BCUT2D eigenvalue weighted by atomic mass is 10.0. The molecule has 1 heterocycles. The maximum atomic E-state index is 12.1. The van der Waals surface area contributed by atoms with Gasteiger partial charge in [-0.1, -0.05) is 11.6 Å². The minimum Gasteiger partial charge on any atom is -0.398 e. The molecular formula is C13H17ClN2O2. The zero-order chi connectivity index (χ0) is 13.1. The number of halogens is 1. The predicted molar refractivity (Wildman–Crippen MR) is 71.7 cm³/mol. The van der Waals surface area contributed by atoms with Crippen LogP contribution in [0.3, 0.4) is 0 Å². The summed E-state index contributed by atoms with van der Waals surface area (Å²) in [6.07, 6.45) is 0.984. The van der Waals surface area contributed by atoms with Crippen LogP contribution in [0, 0.1) is 5.92 Å². The van der Waals surface area contributed by atoms with Gasteiger partial charge in [0.25, 0.3) is 5.91 Å². The van der Waals surface area contributed by atoms with Crippen LogP contribution in [0.4, 0.5) is 5.69 Å². The van der Waals surface area contributed by atoms with E-state index in [1.165, 1.54) is 0 Å². The summed E-state index contributed by atoms with van der Waals surface area (Å²) in [6.45, 7) is 3.47. The van der Waals surface area contributed by atoms with Crippen LogP contribution in [-0.2, 0) is 4.74 Å². The van der Waals surface area contributed by atoms with Gasteiger partial charge in [-0.05, 0) is 31.5 Å². The van der Waals surface area contributed by atoms with Gasteiger partial charge in [-0.2, -0.15) is 0 Å². The number of hydrogen-bond acceptors (Lipinski definition) is 3. The molecule has 0 aliphatic carbocycles. The number of benzene rings is 1. The number of anilines is 1. The predicted octanol–water partition coefficient (Wildman–Crippen LogP) is 2.08. The Morgan fingerprint density at radius 1 is 1.61 bits per heavy atom. The van der Waals surface area contributed by atoms with Gasteiger partial charge in [-0.15, -0.1) is 0 Å². The molecule has 1 aliphatic rings. The monoisotopic (exact) mass is 268 g/mol. The number of nitrogen functional groups attached to an aromatic ring is 1. The van der Waals surface area contributed by atoms with Crippen molar-refractivity contribution in [2.45, 2.75) is 19.4 Å². The quantitative estimate of drug-likeness (QED) is 0.825. The maximum Gasteiger partial charge on any atom is 0.253 e. The highest BCUT2D eigenvalue weighted by Crippen LogP contribution is 2.20. The number of hydrogen-bond donors (Lipinski definition) is 2. The summed E-state index contributed by atoms with van der Waals surface area (Å²) in [5.41, 5.74) is 6.64. The van der Waals surface area contributed by atoms with E-state index >= 15 is 0 Å². The first kappa shape index (κ1) is 13.2. The van der Waals surface area contributed by atoms with E-state index in [4.69, 9.17) is 22.1 Å². The summed E-state index contributed by atoms with van der Waals surface area (Å²) in [6, 6.07) is 4.97. The van der Waals surface area contributed by atoms with E-state index in [-0.39, 0.29) is 11.9 Å². The lowest BCUT2D eigenvalue weighted by Gasteiger charge is -2.19. The first-order chi connectivity index (χ1) is 8.58. The largest absolute Gasteiger partial charge is 0.398 e. The molecule has 0 aromatic heterocycles. The molecule has 1 amide bonds. The number of ether oxygens (including phenoxy) is 1. The van der Waals surface area contributed by atoms with Crippen LogP contribution in [0.2, 0.25) is 5.02 Å². The smallest absolute Gasteiger partial charge is 0.253 e. The Balaban J connectivity index is 2.02. The van der Waals surface area contributed by atoms with Gasteiger partial charge < -0.3 is 15.8 Å². The van der Waals surface area contributed by atoms with E-state index in [9.17, 15) is 4.79 Å². The third kappa shape index (κ3) is 2.94. The van der Waals surface area contributed by atoms with E-state index in [0.717, 1.165) is 13.0 Å². The normalized spacial score (nSPS) is 20.7. The van der Waals surface area contributed by atoms with Gasteiger partial charge in [-0.25, -0.2) is 0 Å². The summed E-state index contributed by atoms with van der Waals surface area (Å²) in [5.74, 6) is 0.214. The average molecular weight is 269 g/mol. The third-order valence-electron chi connectivity index (χ3n) is 3.29. The standard InChI is InChI=1S/C13H17ClN2O2/c1-8(9-4-5-18-7-9)16-13(17)11-3-2-10(14)6-12(11)15/h2-3,6,8-9H,4-5,7,15H2,1H3,(H,16,17). The van der Waals surface area contributed by atoms with E-state index in [0.29, 0.717) is 28.8 Å². The fraction of sp³-hybridized carbons (Fsp3) is 0.462. The number of nitrogens with one attached hydrogen (secondary N) is 1. The second kappa shape index (κ2) is 5.59. The van der Waals surface area contributed by atoms with Crippen molar-refractivity contribution in [3.05, 3.63) is 28.8 Å². The molecule has 3 N–H and O–H groups in total. The third-order valence-corrected chi connectivity index (χ3v) is 3.52. The van der Waals surface area contributed by atoms with Gasteiger partial charge in [0.15, 0.2) is 0 Å². The van der Waals surface area contributed by atoms with Crippen LogP contribution in [-0.4, -0.2) is 25.2 Å². The molecule has 4 nitrogen and oxygen atoms in total. The molecule has 2 atom stereocenters.